The van der Waals surface area contributed by atoms with Crippen molar-refractivity contribution in [1.82, 2.24) is 14.8 Å². The van der Waals surface area contributed by atoms with E-state index >= 15 is 0 Å². The van der Waals surface area contributed by atoms with Crippen molar-refractivity contribution >= 4 is 29.6 Å². The van der Waals surface area contributed by atoms with Gasteiger partial charge in [-0.15, -0.1) is 5.10 Å². The Labute approximate surface area is 113 Å². The van der Waals surface area contributed by atoms with Crippen molar-refractivity contribution in [3.8, 4) is 0 Å². The SMILES string of the molecule is CSc1nc(/N=C/c2ccccc2[N+](=O)[O-])nn1C. The van der Waals surface area contributed by atoms with Gasteiger partial charge in [-0.2, -0.15) is 4.98 Å². The Morgan fingerprint density at radius 2 is 2.21 bits per heavy atom. The lowest BCUT2D eigenvalue weighted by molar-refractivity contribution is -0.385. The van der Waals surface area contributed by atoms with Crippen LogP contribution >= 0.6 is 11.8 Å². The van der Waals surface area contributed by atoms with Crippen LogP contribution in [0.1, 0.15) is 5.56 Å². The molecule has 7 nitrogen and oxygen atoms in total. The van der Waals surface area contributed by atoms with Gasteiger partial charge in [0.1, 0.15) is 0 Å². The summed E-state index contributed by atoms with van der Waals surface area (Å²) in [5, 5.41) is 15.7. The van der Waals surface area contributed by atoms with Gasteiger partial charge in [0, 0.05) is 19.3 Å². The number of para-hydroxylation sites is 1. The number of aliphatic imine (C=N–C) groups is 1. The first-order valence-electron chi connectivity index (χ1n) is 5.34. The molecule has 0 atom stereocenters. The molecule has 0 amide bonds. The maximum absolute atomic E-state index is 10.8. The zero-order chi connectivity index (χ0) is 13.8. The van der Waals surface area contributed by atoms with Crippen molar-refractivity contribution in [2.24, 2.45) is 12.0 Å². The van der Waals surface area contributed by atoms with E-state index in [0.29, 0.717) is 5.56 Å². The molecule has 0 aliphatic heterocycles. The molecule has 1 heterocycles. The number of nitrogens with zero attached hydrogens (tertiary/aromatic N) is 5. The Morgan fingerprint density at radius 1 is 1.47 bits per heavy atom. The second-order valence-corrected chi connectivity index (χ2v) is 4.37. The Morgan fingerprint density at radius 3 is 2.84 bits per heavy atom. The number of nitro benzene ring substituents is 1. The quantitative estimate of drug-likeness (QED) is 0.370. The van der Waals surface area contributed by atoms with Crippen LogP contribution in [-0.2, 0) is 7.05 Å². The predicted octanol–water partition coefficient (Wildman–Crippen LogP) is 2.20. The Balaban J connectivity index is 2.29. The van der Waals surface area contributed by atoms with Crippen molar-refractivity contribution in [3.05, 3.63) is 39.9 Å². The highest BCUT2D eigenvalue weighted by Crippen LogP contribution is 2.18. The second-order valence-electron chi connectivity index (χ2n) is 3.60. The average Bonchev–Trinajstić information content (AvgIpc) is 2.77. The fourth-order valence-electron chi connectivity index (χ4n) is 1.48. The van der Waals surface area contributed by atoms with E-state index in [-0.39, 0.29) is 11.6 Å². The number of aromatic nitrogens is 3. The molecule has 0 spiro atoms. The highest BCUT2D eigenvalue weighted by atomic mass is 32.2. The molecule has 2 rings (SSSR count). The minimum atomic E-state index is -0.444. The van der Waals surface area contributed by atoms with Crippen LogP contribution in [0.15, 0.2) is 34.4 Å². The molecule has 0 aliphatic rings. The van der Waals surface area contributed by atoms with Crippen LogP contribution in [0.5, 0.6) is 0 Å². The summed E-state index contributed by atoms with van der Waals surface area (Å²) < 4.78 is 1.61. The lowest BCUT2D eigenvalue weighted by Crippen LogP contribution is -1.93. The van der Waals surface area contributed by atoms with E-state index in [1.54, 1.807) is 29.9 Å². The summed E-state index contributed by atoms with van der Waals surface area (Å²) in [6, 6.07) is 6.38. The van der Waals surface area contributed by atoms with Gasteiger partial charge in [-0.3, -0.25) is 10.1 Å². The summed E-state index contributed by atoms with van der Waals surface area (Å²) >= 11 is 1.45. The highest BCUT2D eigenvalue weighted by Gasteiger charge is 2.10. The zero-order valence-electron chi connectivity index (χ0n) is 10.3. The summed E-state index contributed by atoms with van der Waals surface area (Å²) in [5.41, 5.74) is 0.429. The molecule has 1 aromatic heterocycles. The molecule has 0 radical (unpaired) electrons. The normalized spacial score (nSPS) is 11.1. The molecule has 8 heteroatoms. The molecule has 0 fully saturated rings. The van der Waals surface area contributed by atoms with Crippen LogP contribution in [0.25, 0.3) is 0 Å². The predicted molar refractivity (Wildman–Crippen MR) is 73.1 cm³/mol. The standard InChI is InChI=1S/C11H11N5O2S/c1-15-11(19-2)13-10(14-15)12-7-8-5-3-4-6-9(8)16(17)18/h3-7H,1-2H3/b12-7+. The second kappa shape index (κ2) is 5.61. The summed E-state index contributed by atoms with van der Waals surface area (Å²) in [4.78, 5) is 18.6. The first-order chi connectivity index (χ1) is 9.11. The molecule has 1 aromatic carbocycles. The smallest absolute Gasteiger partial charge is 0.258 e. The number of aryl methyl sites for hydroxylation is 1. The fraction of sp³-hybridized carbons (Fsp3) is 0.182. The van der Waals surface area contributed by atoms with E-state index in [2.05, 4.69) is 15.1 Å². The third kappa shape index (κ3) is 2.97. The molecule has 0 saturated heterocycles. The lowest BCUT2D eigenvalue weighted by Gasteiger charge is -1.94. The van der Waals surface area contributed by atoms with Crippen molar-refractivity contribution in [2.75, 3.05) is 6.26 Å². The van der Waals surface area contributed by atoms with Gasteiger partial charge in [0.15, 0.2) is 5.16 Å². The molecular weight excluding hydrogens is 266 g/mol. The van der Waals surface area contributed by atoms with Gasteiger partial charge in [0.05, 0.1) is 10.5 Å². The van der Waals surface area contributed by atoms with Crippen molar-refractivity contribution in [3.63, 3.8) is 0 Å². The third-order valence-corrected chi connectivity index (χ3v) is 3.07. The Kier molecular flexibility index (Phi) is 3.91. The summed E-state index contributed by atoms with van der Waals surface area (Å²) in [6.07, 6.45) is 3.29. The molecule has 2 aromatic rings. The van der Waals surface area contributed by atoms with Crippen LogP contribution in [0.3, 0.4) is 0 Å². The average molecular weight is 277 g/mol. The minimum Gasteiger partial charge on any atom is -0.258 e. The molecule has 0 saturated carbocycles. The van der Waals surface area contributed by atoms with Crippen molar-refractivity contribution in [2.45, 2.75) is 5.16 Å². The summed E-state index contributed by atoms with van der Waals surface area (Å²) in [7, 11) is 1.77. The fourth-order valence-corrected chi connectivity index (χ4v) is 1.96. The van der Waals surface area contributed by atoms with Gasteiger partial charge in [-0.25, -0.2) is 9.67 Å². The van der Waals surface area contributed by atoms with E-state index in [0.717, 1.165) is 5.16 Å². The molecule has 0 unspecified atom stereocenters. The largest absolute Gasteiger partial charge is 0.278 e. The zero-order valence-corrected chi connectivity index (χ0v) is 11.2. The van der Waals surface area contributed by atoms with Crippen LogP contribution in [0, 0.1) is 10.1 Å². The van der Waals surface area contributed by atoms with Gasteiger partial charge in [0.2, 0.25) is 0 Å². The van der Waals surface area contributed by atoms with Gasteiger partial charge in [0.25, 0.3) is 11.6 Å². The monoisotopic (exact) mass is 277 g/mol. The van der Waals surface area contributed by atoms with Crippen molar-refractivity contribution in [1.29, 1.82) is 0 Å². The van der Waals surface area contributed by atoms with Gasteiger partial charge < -0.3 is 0 Å². The molecule has 0 bridgehead atoms. The molecule has 0 N–H and O–H groups in total. The number of hydrogen-bond donors (Lipinski definition) is 0. The van der Waals surface area contributed by atoms with Crippen LogP contribution < -0.4 is 0 Å². The number of benzene rings is 1. The Bertz CT molecular complexity index is 638. The van der Waals surface area contributed by atoms with Gasteiger partial charge in [-0.05, 0) is 12.3 Å². The summed E-state index contributed by atoms with van der Waals surface area (Å²) in [6.45, 7) is 0. The number of rotatable bonds is 4. The van der Waals surface area contributed by atoms with Crippen LogP contribution in [0.4, 0.5) is 11.6 Å². The summed E-state index contributed by atoms with van der Waals surface area (Å²) in [5.74, 6) is 0.282. The molecule has 19 heavy (non-hydrogen) atoms. The molecule has 98 valence electrons. The molecule has 0 aliphatic carbocycles. The first kappa shape index (κ1) is 13.2. The third-order valence-electron chi connectivity index (χ3n) is 2.35. The maximum Gasteiger partial charge on any atom is 0.278 e. The number of nitro groups is 1. The van der Waals surface area contributed by atoms with E-state index in [9.17, 15) is 10.1 Å². The van der Waals surface area contributed by atoms with Crippen molar-refractivity contribution < 1.29 is 4.92 Å². The lowest BCUT2D eigenvalue weighted by atomic mass is 10.2. The van der Waals surface area contributed by atoms with E-state index < -0.39 is 4.92 Å². The van der Waals surface area contributed by atoms with Gasteiger partial charge in [-0.1, -0.05) is 23.9 Å². The van der Waals surface area contributed by atoms with Crippen LogP contribution in [0.2, 0.25) is 0 Å². The van der Waals surface area contributed by atoms with Gasteiger partial charge >= 0.3 is 0 Å². The number of thioether (sulfide) groups is 1. The van der Waals surface area contributed by atoms with E-state index in [4.69, 9.17) is 0 Å². The van der Waals surface area contributed by atoms with Crippen LogP contribution in [-0.4, -0.2) is 32.2 Å². The minimum absolute atomic E-state index is 0.00673. The Hall–Kier alpha value is -2.22. The first-order valence-corrected chi connectivity index (χ1v) is 6.57. The number of hydrogen-bond acceptors (Lipinski definition) is 6. The van der Waals surface area contributed by atoms with E-state index in [1.807, 2.05) is 6.26 Å². The highest BCUT2D eigenvalue weighted by molar-refractivity contribution is 7.98. The molecular formula is C11H11N5O2S. The topological polar surface area (TPSA) is 86.2 Å². The van der Waals surface area contributed by atoms with E-state index in [1.165, 1.54) is 24.0 Å². The maximum atomic E-state index is 10.8.